The molecule has 15 heavy (non-hydrogen) atoms. The van der Waals surface area contributed by atoms with Crippen molar-refractivity contribution >= 4 is 5.97 Å². The number of hydrogen-bond donors (Lipinski definition) is 0. The van der Waals surface area contributed by atoms with Gasteiger partial charge in [0, 0.05) is 6.92 Å². The molecule has 0 amide bonds. The minimum Gasteiger partial charge on any atom is -0.298 e. The van der Waals surface area contributed by atoms with E-state index in [2.05, 4.69) is 4.89 Å². The normalized spacial score (nSPS) is 14.3. The Labute approximate surface area is 89.9 Å². The number of benzene rings is 1. The van der Waals surface area contributed by atoms with Crippen LogP contribution in [0, 0.1) is 0 Å². The Balaban J connectivity index is 2.80. The van der Waals surface area contributed by atoms with Crippen LogP contribution in [0.5, 0.6) is 0 Å². The van der Waals surface area contributed by atoms with Gasteiger partial charge >= 0.3 is 5.97 Å². The zero-order valence-corrected chi connectivity index (χ0v) is 9.32. The van der Waals surface area contributed by atoms with E-state index >= 15 is 0 Å². The minimum absolute atomic E-state index is 0.439. The second-order valence-electron chi connectivity index (χ2n) is 3.61. The Morgan fingerprint density at radius 2 is 1.93 bits per heavy atom. The summed E-state index contributed by atoms with van der Waals surface area (Å²) in [6.45, 7) is 5.20. The maximum absolute atomic E-state index is 10.7. The van der Waals surface area contributed by atoms with E-state index in [4.69, 9.17) is 4.89 Å². The molecule has 0 heterocycles. The molecule has 3 heteroatoms. The first-order chi connectivity index (χ1) is 7.08. The largest absolute Gasteiger partial charge is 0.339 e. The first-order valence-corrected chi connectivity index (χ1v) is 5.00. The molecule has 1 aromatic rings. The van der Waals surface area contributed by atoms with Crippen LogP contribution in [0.2, 0.25) is 0 Å². The van der Waals surface area contributed by atoms with Gasteiger partial charge in [0.05, 0.1) is 0 Å². The molecule has 0 spiro atoms. The topological polar surface area (TPSA) is 35.5 Å². The summed E-state index contributed by atoms with van der Waals surface area (Å²) in [4.78, 5) is 20.5. The van der Waals surface area contributed by atoms with E-state index in [1.165, 1.54) is 6.92 Å². The predicted molar refractivity (Wildman–Crippen MR) is 56.9 cm³/mol. The minimum atomic E-state index is -0.576. The van der Waals surface area contributed by atoms with Gasteiger partial charge in [0.15, 0.2) is 0 Å². The molecule has 0 aliphatic carbocycles. The third-order valence-corrected chi connectivity index (χ3v) is 2.40. The Hall–Kier alpha value is -1.35. The van der Waals surface area contributed by atoms with Crippen LogP contribution in [-0.4, -0.2) is 5.97 Å². The Bertz CT molecular complexity index is 321. The molecule has 0 fully saturated rings. The monoisotopic (exact) mass is 208 g/mol. The van der Waals surface area contributed by atoms with Gasteiger partial charge in [-0.2, -0.15) is 4.89 Å². The first-order valence-electron chi connectivity index (χ1n) is 5.00. The Morgan fingerprint density at radius 3 is 2.40 bits per heavy atom. The van der Waals surface area contributed by atoms with Crippen LogP contribution in [0.4, 0.5) is 0 Å². The highest BCUT2D eigenvalue weighted by atomic mass is 17.2. The lowest BCUT2D eigenvalue weighted by atomic mass is 9.93. The summed E-state index contributed by atoms with van der Waals surface area (Å²) in [6.07, 6.45) is 0.726. The maximum atomic E-state index is 10.7. The standard InChI is InChI=1S/C12H16O3/c1-4-12(3,15-14-10(2)13)11-8-6-5-7-9-11/h5-9H,4H2,1-3H3. The molecule has 1 atom stereocenters. The fraction of sp³-hybridized carbons (Fsp3) is 0.417. The van der Waals surface area contributed by atoms with Crippen LogP contribution in [-0.2, 0) is 20.2 Å². The lowest BCUT2D eigenvalue weighted by Gasteiger charge is -2.26. The van der Waals surface area contributed by atoms with E-state index < -0.39 is 11.6 Å². The molecule has 1 aromatic carbocycles. The maximum Gasteiger partial charge on any atom is 0.339 e. The Kier molecular flexibility index (Phi) is 3.86. The fourth-order valence-corrected chi connectivity index (χ4v) is 1.25. The van der Waals surface area contributed by atoms with Gasteiger partial charge < -0.3 is 0 Å². The molecule has 0 saturated carbocycles. The van der Waals surface area contributed by atoms with Gasteiger partial charge in [-0.15, -0.1) is 0 Å². The van der Waals surface area contributed by atoms with Gasteiger partial charge in [0.25, 0.3) is 0 Å². The van der Waals surface area contributed by atoms with Gasteiger partial charge in [-0.05, 0) is 18.9 Å². The van der Waals surface area contributed by atoms with E-state index in [1.807, 2.05) is 44.2 Å². The summed E-state index contributed by atoms with van der Waals surface area (Å²) in [5.41, 5.74) is 0.418. The molecular weight excluding hydrogens is 192 g/mol. The van der Waals surface area contributed by atoms with E-state index in [0.29, 0.717) is 0 Å². The lowest BCUT2D eigenvalue weighted by molar-refractivity contribution is -0.333. The average Bonchev–Trinajstić information content (AvgIpc) is 2.27. The SMILES string of the molecule is CCC(C)(OOC(C)=O)c1ccccc1. The molecule has 0 saturated heterocycles. The number of carbonyl (C=O) groups excluding carboxylic acids is 1. The molecule has 3 nitrogen and oxygen atoms in total. The zero-order valence-electron chi connectivity index (χ0n) is 9.32. The summed E-state index contributed by atoms with van der Waals surface area (Å²) in [6, 6.07) is 9.70. The van der Waals surface area contributed by atoms with Crippen molar-refractivity contribution in [3.05, 3.63) is 35.9 Å². The number of carbonyl (C=O) groups is 1. The van der Waals surface area contributed by atoms with Crippen molar-refractivity contribution in [2.45, 2.75) is 32.8 Å². The van der Waals surface area contributed by atoms with Crippen molar-refractivity contribution in [1.29, 1.82) is 0 Å². The molecule has 1 rings (SSSR count). The molecule has 0 aromatic heterocycles. The van der Waals surface area contributed by atoms with Crippen molar-refractivity contribution in [2.24, 2.45) is 0 Å². The fourth-order valence-electron chi connectivity index (χ4n) is 1.25. The van der Waals surface area contributed by atoms with Gasteiger partial charge in [-0.3, -0.25) is 4.89 Å². The van der Waals surface area contributed by atoms with E-state index in [1.54, 1.807) is 0 Å². The molecule has 1 unspecified atom stereocenters. The van der Waals surface area contributed by atoms with Crippen LogP contribution >= 0.6 is 0 Å². The molecule has 0 aliphatic heterocycles. The van der Waals surface area contributed by atoms with E-state index in [-0.39, 0.29) is 0 Å². The van der Waals surface area contributed by atoms with Gasteiger partial charge in [-0.1, -0.05) is 37.3 Å². The summed E-state index contributed by atoms with van der Waals surface area (Å²) in [5.74, 6) is -0.439. The second-order valence-corrected chi connectivity index (χ2v) is 3.61. The average molecular weight is 208 g/mol. The van der Waals surface area contributed by atoms with Gasteiger partial charge in [0.2, 0.25) is 0 Å². The molecule has 0 radical (unpaired) electrons. The Morgan fingerprint density at radius 1 is 1.33 bits per heavy atom. The number of rotatable bonds is 4. The highest BCUT2D eigenvalue weighted by Crippen LogP contribution is 2.28. The van der Waals surface area contributed by atoms with Crippen molar-refractivity contribution in [1.82, 2.24) is 0 Å². The highest BCUT2D eigenvalue weighted by molar-refractivity contribution is 5.65. The quantitative estimate of drug-likeness (QED) is 0.563. The van der Waals surface area contributed by atoms with Crippen molar-refractivity contribution in [3.63, 3.8) is 0 Å². The third kappa shape index (κ3) is 3.06. The second kappa shape index (κ2) is 4.94. The lowest BCUT2D eigenvalue weighted by Crippen LogP contribution is -2.26. The molecule has 0 aliphatic rings. The summed E-state index contributed by atoms with van der Waals surface area (Å²) >= 11 is 0. The molecule has 0 bridgehead atoms. The summed E-state index contributed by atoms with van der Waals surface area (Å²) in [7, 11) is 0. The van der Waals surface area contributed by atoms with Crippen LogP contribution in [0.1, 0.15) is 32.8 Å². The molecule has 0 N–H and O–H groups in total. The van der Waals surface area contributed by atoms with Crippen LogP contribution in [0.3, 0.4) is 0 Å². The third-order valence-electron chi connectivity index (χ3n) is 2.40. The van der Waals surface area contributed by atoms with Crippen LogP contribution in [0.25, 0.3) is 0 Å². The van der Waals surface area contributed by atoms with Gasteiger partial charge in [0.1, 0.15) is 5.60 Å². The zero-order chi connectivity index (χ0) is 11.3. The number of hydrogen-bond acceptors (Lipinski definition) is 3. The van der Waals surface area contributed by atoms with Gasteiger partial charge in [-0.25, -0.2) is 4.79 Å². The molecule has 82 valence electrons. The predicted octanol–water partition coefficient (Wildman–Crippen LogP) is 2.81. The van der Waals surface area contributed by atoms with Crippen LogP contribution in [0.15, 0.2) is 30.3 Å². The molecular formula is C12H16O3. The van der Waals surface area contributed by atoms with Crippen molar-refractivity contribution < 1.29 is 14.6 Å². The van der Waals surface area contributed by atoms with Crippen LogP contribution < -0.4 is 0 Å². The summed E-state index contributed by atoms with van der Waals surface area (Å²) < 4.78 is 0. The van der Waals surface area contributed by atoms with E-state index in [9.17, 15) is 4.79 Å². The summed E-state index contributed by atoms with van der Waals surface area (Å²) in [5, 5.41) is 0. The van der Waals surface area contributed by atoms with E-state index in [0.717, 1.165) is 12.0 Å². The highest BCUT2D eigenvalue weighted by Gasteiger charge is 2.27. The van der Waals surface area contributed by atoms with Crippen molar-refractivity contribution in [2.75, 3.05) is 0 Å². The first kappa shape index (κ1) is 11.7. The van der Waals surface area contributed by atoms with Crippen molar-refractivity contribution in [3.8, 4) is 0 Å². The smallest absolute Gasteiger partial charge is 0.298 e.